The lowest BCUT2D eigenvalue weighted by molar-refractivity contribution is -0.125. The van der Waals surface area contributed by atoms with E-state index in [4.69, 9.17) is 14.2 Å². The maximum absolute atomic E-state index is 13.0. The van der Waals surface area contributed by atoms with E-state index in [-0.39, 0.29) is 25.0 Å². The summed E-state index contributed by atoms with van der Waals surface area (Å²) in [5.41, 5.74) is 2.01. The van der Waals surface area contributed by atoms with Crippen molar-refractivity contribution in [2.45, 2.75) is 12.5 Å². The number of rotatable bonds is 4. The summed E-state index contributed by atoms with van der Waals surface area (Å²) in [7, 11) is 1.58. The summed E-state index contributed by atoms with van der Waals surface area (Å²) in [6.45, 7) is 0.151. The molecule has 30 heavy (non-hydrogen) atoms. The Kier molecular flexibility index (Phi) is 4.27. The Morgan fingerprint density at radius 2 is 2.03 bits per heavy atom. The number of carbonyl (C=O) groups is 2. The van der Waals surface area contributed by atoms with Gasteiger partial charge in [0.2, 0.25) is 18.6 Å². The molecule has 5 rings (SSSR count). The SMILES string of the molecule is COc1ccccc1-c1cnn2c1NC(=O)C[C@@H]2C(=O)Nc1ccc2c(c1)OCO2. The Morgan fingerprint density at radius 1 is 1.20 bits per heavy atom. The second-order valence-electron chi connectivity index (χ2n) is 6.88. The van der Waals surface area contributed by atoms with Crippen molar-refractivity contribution in [2.24, 2.45) is 0 Å². The monoisotopic (exact) mass is 406 g/mol. The summed E-state index contributed by atoms with van der Waals surface area (Å²) in [5, 5.41) is 10.1. The quantitative estimate of drug-likeness (QED) is 0.691. The third kappa shape index (κ3) is 3.00. The van der Waals surface area contributed by atoms with Gasteiger partial charge < -0.3 is 24.8 Å². The molecule has 2 aliphatic rings. The van der Waals surface area contributed by atoms with Crippen LogP contribution in [0.1, 0.15) is 12.5 Å². The molecule has 2 N–H and O–H groups in total. The van der Waals surface area contributed by atoms with Gasteiger partial charge in [0.15, 0.2) is 11.5 Å². The number of ether oxygens (including phenoxy) is 3. The molecule has 0 unspecified atom stereocenters. The first-order valence-corrected chi connectivity index (χ1v) is 9.35. The van der Waals surface area contributed by atoms with Crippen LogP contribution in [0.3, 0.4) is 0 Å². The largest absolute Gasteiger partial charge is 0.496 e. The predicted octanol–water partition coefficient (Wildman–Crippen LogP) is 2.81. The van der Waals surface area contributed by atoms with E-state index >= 15 is 0 Å². The molecule has 3 aromatic rings. The molecule has 1 atom stereocenters. The Balaban J connectivity index is 1.46. The summed E-state index contributed by atoms with van der Waals surface area (Å²) < 4.78 is 17.6. The van der Waals surface area contributed by atoms with Gasteiger partial charge in [-0.3, -0.25) is 9.59 Å². The van der Waals surface area contributed by atoms with Gasteiger partial charge in [0.05, 0.1) is 19.7 Å². The number of amides is 2. The van der Waals surface area contributed by atoms with Crippen LogP contribution in [0.4, 0.5) is 11.5 Å². The number of nitrogens with one attached hydrogen (secondary N) is 2. The third-order valence-electron chi connectivity index (χ3n) is 5.07. The fraction of sp³-hybridized carbons (Fsp3) is 0.190. The highest BCUT2D eigenvalue weighted by atomic mass is 16.7. The van der Waals surface area contributed by atoms with Crippen LogP contribution in [0, 0.1) is 0 Å². The summed E-state index contributed by atoms with van der Waals surface area (Å²) in [6, 6.07) is 11.8. The number of carbonyl (C=O) groups excluding carboxylic acids is 2. The number of aromatic nitrogens is 2. The lowest BCUT2D eigenvalue weighted by Gasteiger charge is -2.24. The highest BCUT2D eigenvalue weighted by Crippen LogP contribution is 2.39. The molecule has 0 aliphatic carbocycles. The molecule has 0 fully saturated rings. The molecule has 2 aliphatic heterocycles. The van der Waals surface area contributed by atoms with Gasteiger partial charge in [-0.15, -0.1) is 0 Å². The van der Waals surface area contributed by atoms with Crippen LogP contribution in [0.25, 0.3) is 11.1 Å². The number of fused-ring (bicyclic) bond motifs is 2. The van der Waals surface area contributed by atoms with Crippen LogP contribution < -0.4 is 24.8 Å². The molecular weight excluding hydrogens is 388 g/mol. The number of hydrogen-bond acceptors (Lipinski definition) is 6. The van der Waals surface area contributed by atoms with Gasteiger partial charge in [-0.1, -0.05) is 18.2 Å². The first-order chi connectivity index (χ1) is 14.6. The standard InChI is InChI=1S/C21H18N4O5/c1-28-16-5-3-2-4-13(16)14-10-22-25-15(9-19(26)24-20(14)25)21(27)23-12-6-7-17-18(8-12)30-11-29-17/h2-8,10,15H,9,11H2,1H3,(H,23,27)(H,24,26)/t15-/m1/s1. The van der Waals surface area contributed by atoms with Crippen LogP contribution in [0.15, 0.2) is 48.7 Å². The van der Waals surface area contributed by atoms with Crippen LogP contribution in [0.2, 0.25) is 0 Å². The first-order valence-electron chi connectivity index (χ1n) is 9.35. The van der Waals surface area contributed by atoms with Crippen LogP contribution in [-0.2, 0) is 9.59 Å². The molecule has 0 bridgehead atoms. The minimum Gasteiger partial charge on any atom is -0.496 e. The van der Waals surface area contributed by atoms with Crippen molar-refractivity contribution in [1.29, 1.82) is 0 Å². The molecule has 3 heterocycles. The lowest BCUT2D eigenvalue weighted by Crippen LogP contribution is -2.35. The minimum atomic E-state index is -0.789. The van der Waals surface area contributed by atoms with Gasteiger partial charge in [-0.05, 0) is 18.2 Å². The van der Waals surface area contributed by atoms with Crippen molar-refractivity contribution in [2.75, 3.05) is 24.5 Å². The van der Waals surface area contributed by atoms with Gasteiger partial charge in [-0.25, -0.2) is 4.68 Å². The van der Waals surface area contributed by atoms with Gasteiger partial charge >= 0.3 is 0 Å². The van der Waals surface area contributed by atoms with Crippen LogP contribution in [0.5, 0.6) is 17.2 Å². The number of nitrogens with zero attached hydrogens (tertiary/aromatic N) is 2. The maximum atomic E-state index is 13.0. The normalized spacial score (nSPS) is 16.6. The van der Waals surface area contributed by atoms with E-state index in [9.17, 15) is 9.59 Å². The van der Waals surface area contributed by atoms with Crippen LogP contribution in [-0.4, -0.2) is 35.5 Å². The van der Waals surface area contributed by atoms with Gasteiger partial charge in [0.25, 0.3) is 0 Å². The third-order valence-corrected chi connectivity index (χ3v) is 5.07. The van der Waals surface area contributed by atoms with Crippen molar-refractivity contribution >= 4 is 23.3 Å². The number of para-hydroxylation sites is 1. The van der Waals surface area contributed by atoms with Gasteiger partial charge in [-0.2, -0.15) is 5.10 Å². The molecule has 2 amide bonds. The average Bonchev–Trinajstić information content (AvgIpc) is 3.39. The Hall–Kier alpha value is -4.01. The smallest absolute Gasteiger partial charge is 0.249 e. The highest BCUT2D eigenvalue weighted by molar-refractivity contribution is 6.03. The molecule has 9 heteroatoms. The Labute approximate surface area is 171 Å². The highest BCUT2D eigenvalue weighted by Gasteiger charge is 2.34. The van der Waals surface area contributed by atoms with Crippen molar-refractivity contribution in [3.05, 3.63) is 48.7 Å². The average molecular weight is 406 g/mol. The van der Waals surface area contributed by atoms with Gasteiger partial charge in [0.1, 0.15) is 17.6 Å². The van der Waals surface area contributed by atoms with Crippen molar-refractivity contribution in [3.8, 4) is 28.4 Å². The van der Waals surface area contributed by atoms with E-state index in [1.165, 1.54) is 4.68 Å². The molecule has 0 spiro atoms. The van der Waals surface area contributed by atoms with E-state index in [1.54, 1.807) is 31.5 Å². The lowest BCUT2D eigenvalue weighted by atomic mass is 10.1. The number of benzene rings is 2. The van der Waals surface area contributed by atoms with Crippen molar-refractivity contribution < 1.29 is 23.8 Å². The predicted molar refractivity (Wildman–Crippen MR) is 108 cm³/mol. The van der Waals surface area contributed by atoms with Crippen LogP contribution >= 0.6 is 0 Å². The summed E-state index contributed by atoms with van der Waals surface area (Å²) in [5.74, 6) is 1.69. The fourth-order valence-electron chi connectivity index (χ4n) is 3.64. The number of hydrogen-bond donors (Lipinski definition) is 2. The number of methoxy groups -OCH3 is 1. The maximum Gasteiger partial charge on any atom is 0.249 e. The van der Waals surface area contributed by atoms with Gasteiger partial charge in [0, 0.05) is 22.9 Å². The molecule has 9 nitrogen and oxygen atoms in total. The topological polar surface area (TPSA) is 104 Å². The minimum absolute atomic E-state index is 0.0174. The molecule has 1 aromatic heterocycles. The van der Waals surface area contributed by atoms with E-state index in [1.807, 2.05) is 24.3 Å². The molecular formula is C21H18N4O5. The molecule has 0 saturated heterocycles. The van der Waals surface area contributed by atoms with E-state index < -0.39 is 6.04 Å². The second kappa shape index (κ2) is 7.11. The number of anilines is 2. The second-order valence-corrected chi connectivity index (χ2v) is 6.88. The van der Waals surface area contributed by atoms with Crippen molar-refractivity contribution in [3.63, 3.8) is 0 Å². The Bertz CT molecular complexity index is 1160. The van der Waals surface area contributed by atoms with E-state index in [2.05, 4.69) is 15.7 Å². The molecule has 0 saturated carbocycles. The summed E-state index contributed by atoms with van der Waals surface area (Å²) in [6.07, 6.45) is 1.61. The molecule has 0 radical (unpaired) electrons. The van der Waals surface area contributed by atoms with E-state index in [0.717, 1.165) is 5.56 Å². The zero-order valence-corrected chi connectivity index (χ0v) is 16.0. The zero-order valence-electron chi connectivity index (χ0n) is 16.0. The Morgan fingerprint density at radius 3 is 2.90 bits per heavy atom. The molecule has 152 valence electrons. The molecule has 2 aromatic carbocycles. The summed E-state index contributed by atoms with van der Waals surface area (Å²) in [4.78, 5) is 25.4. The fourth-order valence-corrected chi connectivity index (χ4v) is 3.64. The summed E-state index contributed by atoms with van der Waals surface area (Å²) >= 11 is 0. The van der Waals surface area contributed by atoms with Crippen molar-refractivity contribution in [1.82, 2.24) is 9.78 Å². The van der Waals surface area contributed by atoms with E-state index in [0.29, 0.717) is 34.3 Å². The zero-order chi connectivity index (χ0) is 20.7. The first kappa shape index (κ1) is 18.0.